The summed E-state index contributed by atoms with van der Waals surface area (Å²) in [6.45, 7) is 5.66. The summed E-state index contributed by atoms with van der Waals surface area (Å²) in [4.78, 5) is 9.17. The summed E-state index contributed by atoms with van der Waals surface area (Å²) in [7, 11) is 0.149. The van der Waals surface area contributed by atoms with E-state index in [4.69, 9.17) is 30.4 Å². The minimum Gasteiger partial charge on any atom is -0.493 e. The molecule has 12 nitrogen and oxygen atoms in total. The molecule has 214 valence electrons. The van der Waals surface area contributed by atoms with Crippen molar-refractivity contribution in [2.45, 2.75) is 6.42 Å². The molecule has 40 heavy (non-hydrogen) atoms. The van der Waals surface area contributed by atoms with Gasteiger partial charge in [-0.3, -0.25) is 9.54 Å². The number of halogens is 1. The summed E-state index contributed by atoms with van der Waals surface area (Å²) in [6.07, 6.45) is 2.28. The van der Waals surface area contributed by atoms with E-state index in [-0.39, 0.29) is 27.8 Å². The number of methoxy groups -OCH3 is 2. The summed E-state index contributed by atoms with van der Waals surface area (Å²) in [5.41, 5.74) is 1.45. The van der Waals surface area contributed by atoms with E-state index < -0.39 is 10.4 Å². The van der Waals surface area contributed by atoms with Gasteiger partial charge in [0.15, 0.2) is 23.0 Å². The Balaban J connectivity index is 1.59. The van der Waals surface area contributed by atoms with Crippen molar-refractivity contribution < 1.29 is 31.4 Å². The Bertz CT molecular complexity index is 1520. The van der Waals surface area contributed by atoms with Gasteiger partial charge in [-0.1, -0.05) is 11.6 Å². The molecule has 2 aromatic carbocycles. The largest absolute Gasteiger partial charge is 0.493 e. The quantitative estimate of drug-likeness (QED) is 0.247. The molecule has 1 fully saturated rings. The maximum Gasteiger partial charge on any atom is 0.446 e. The zero-order valence-electron chi connectivity index (χ0n) is 22.3. The number of likely N-dealkylation sites (N-methyl/N-ethyl adjacent to an activating group) is 1. The van der Waals surface area contributed by atoms with Crippen LogP contribution in [0.5, 0.6) is 23.0 Å². The number of rotatable bonds is 11. The maximum absolute atomic E-state index is 11.2. The van der Waals surface area contributed by atoms with Crippen LogP contribution in [0.2, 0.25) is 5.02 Å². The van der Waals surface area contributed by atoms with Gasteiger partial charge in [-0.25, -0.2) is 0 Å². The molecule has 1 aromatic heterocycles. The van der Waals surface area contributed by atoms with Crippen LogP contribution < -0.4 is 23.7 Å². The van der Waals surface area contributed by atoms with Crippen LogP contribution in [0.25, 0.3) is 10.9 Å². The molecule has 0 unspecified atom stereocenters. The number of nitriles is 1. The molecule has 1 saturated heterocycles. The number of pyridine rings is 1. The number of benzene rings is 2. The van der Waals surface area contributed by atoms with Gasteiger partial charge in [0.1, 0.15) is 6.07 Å². The third-order valence-corrected chi connectivity index (χ3v) is 7.16. The maximum atomic E-state index is 11.2. The second-order valence-electron chi connectivity index (χ2n) is 9.14. The average Bonchev–Trinajstić information content (AvgIpc) is 2.92. The molecule has 14 heteroatoms. The highest BCUT2D eigenvalue weighted by molar-refractivity contribution is 7.81. The van der Waals surface area contributed by atoms with Crippen molar-refractivity contribution in [1.82, 2.24) is 14.8 Å². The second-order valence-corrected chi connectivity index (χ2v) is 10.6. The third-order valence-electron chi connectivity index (χ3n) is 6.45. The van der Waals surface area contributed by atoms with Gasteiger partial charge in [0, 0.05) is 62.5 Å². The smallest absolute Gasteiger partial charge is 0.446 e. The highest BCUT2D eigenvalue weighted by Crippen LogP contribution is 2.41. The molecule has 1 aliphatic heterocycles. The van der Waals surface area contributed by atoms with Gasteiger partial charge >= 0.3 is 10.4 Å². The number of anilines is 2. The second kappa shape index (κ2) is 12.8. The molecule has 0 aliphatic carbocycles. The first kappa shape index (κ1) is 29.4. The molecular weight excluding hydrogens is 562 g/mol. The van der Waals surface area contributed by atoms with Crippen LogP contribution in [-0.4, -0.2) is 88.4 Å². The zero-order chi connectivity index (χ0) is 28.9. The van der Waals surface area contributed by atoms with E-state index in [1.54, 1.807) is 12.1 Å². The molecule has 4 rings (SSSR count). The number of nitrogens with zero attached hydrogens (tertiary/aromatic N) is 4. The van der Waals surface area contributed by atoms with Crippen LogP contribution in [0.3, 0.4) is 0 Å². The lowest BCUT2D eigenvalue weighted by Crippen LogP contribution is -2.44. The van der Waals surface area contributed by atoms with Crippen LogP contribution in [0, 0.1) is 11.3 Å². The molecule has 0 atom stereocenters. The normalized spacial score (nSPS) is 14.5. The van der Waals surface area contributed by atoms with Crippen molar-refractivity contribution >= 4 is 44.3 Å². The Kier molecular flexibility index (Phi) is 9.39. The van der Waals surface area contributed by atoms with Gasteiger partial charge in [-0.15, -0.1) is 0 Å². The first-order valence-corrected chi connectivity index (χ1v) is 14.1. The molecule has 0 bridgehead atoms. The molecular formula is C26H30ClN5O7S. The van der Waals surface area contributed by atoms with E-state index in [2.05, 4.69) is 37.4 Å². The van der Waals surface area contributed by atoms with Gasteiger partial charge < -0.3 is 33.5 Å². The topological polar surface area (TPSA) is 146 Å². The molecule has 0 spiro atoms. The summed E-state index contributed by atoms with van der Waals surface area (Å²) in [5.74, 6) is 0.665. The standard InChI is InChI=1S/C26H30ClN5O7S/c1-31-6-8-32(9-7-31)5-4-10-38-24-13-20-18(11-22(24)36-2)26(17(15-28)16-29-20)30-21-14-23(37-3)25(12-19(21)27)39-40(33,34)35/h11-14,16H,4-10H2,1-3H3,(H,29,30)(H,33,34,35). The highest BCUT2D eigenvalue weighted by Gasteiger charge is 2.20. The molecule has 0 radical (unpaired) electrons. The van der Waals surface area contributed by atoms with E-state index in [1.165, 1.54) is 32.5 Å². The number of piperazine rings is 1. The Labute approximate surface area is 237 Å². The number of aromatic nitrogens is 1. The number of nitrogens with one attached hydrogen (secondary N) is 1. The number of ether oxygens (including phenoxy) is 3. The Morgan fingerprint density at radius 1 is 1.07 bits per heavy atom. The fourth-order valence-electron chi connectivity index (χ4n) is 4.34. The van der Waals surface area contributed by atoms with Crippen molar-refractivity contribution in [1.29, 1.82) is 5.26 Å². The van der Waals surface area contributed by atoms with E-state index in [0.29, 0.717) is 34.7 Å². The molecule has 1 aliphatic rings. The van der Waals surface area contributed by atoms with Crippen LogP contribution >= 0.6 is 11.6 Å². The molecule has 2 heterocycles. The van der Waals surface area contributed by atoms with Crippen molar-refractivity contribution in [2.24, 2.45) is 0 Å². The predicted molar refractivity (Wildman–Crippen MR) is 151 cm³/mol. The van der Waals surface area contributed by atoms with Crippen molar-refractivity contribution in [3.63, 3.8) is 0 Å². The highest BCUT2D eigenvalue weighted by atomic mass is 35.5. The Morgan fingerprint density at radius 3 is 2.42 bits per heavy atom. The summed E-state index contributed by atoms with van der Waals surface area (Å²) in [6, 6.07) is 8.13. The fraction of sp³-hybridized carbons (Fsp3) is 0.385. The van der Waals surface area contributed by atoms with Gasteiger partial charge in [-0.2, -0.15) is 13.7 Å². The number of fused-ring (bicyclic) bond motifs is 1. The Morgan fingerprint density at radius 2 is 1.77 bits per heavy atom. The van der Waals surface area contributed by atoms with Crippen molar-refractivity contribution in [3.8, 4) is 29.1 Å². The Hall–Kier alpha value is -3.54. The lowest BCUT2D eigenvalue weighted by atomic mass is 10.1. The lowest BCUT2D eigenvalue weighted by Gasteiger charge is -2.32. The van der Waals surface area contributed by atoms with E-state index >= 15 is 0 Å². The van der Waals surface area contributed by atoms with Crippen molar-refractivity contribution in [3.05, 3.63) is 41.0 Å². The predicted octanol–water partition coefficient (Wildman–Crippen LogP) is 3.72. The first-order valence-electron chi connectivity index (χ1n) is 12.4. The zero-order valence-corrected chi connectivity index (χ0v) is 23.9. The minimum absolute atomic E-state index is 0.0220. The molecule has 2 N–H and O–H groups in total. The molecule has 3 aromatic rings. The van der Waals surface area contributed by atoms with E-state index in [9.17, 15) is 13.7 Å². The minimum atomic E-state index is -4.81. The fourth-order valence-corrected chi connectivity index (χ4v) is 4.90. The van der Waals surface area contributed by atoms with E-state index in [1.807, 2.05) is 0 Å². The van der Waals surface area contributed by atoms with Gasteiger partial charge in [0.2, 0.25) is 0 Å². The van der Waals surface area contributed by atoms with Gasteiger partial charge in [-0.05, 0) is 19.5 Å². The van der Waals surface area contributed by atoms with Crippen LogP contribution in [0.1, 0.15) is 12.0 Å². The lowest BCUT2D eigenvalue weighted by molar-refractivity contribution is 0.145. The van der Waals surface area contributed by atoms with Crippen LogP contribution in [0.15, 0.2) is 30.5 Å². The van der Waals surface area contributed by atoms with Gasteiger partial charge in [0.05, 0.1) is 48.3 Å². The first-order chi connectivity index (χ1) is 19.1. The molecule has 0 amide bonds. The third kappa shape index (κ3) is 7.15. The number of hydrogen-bond acceptors (Lipinski definition) is 11. The average molecular weight is 592 g/mol. The summed E-state index contributed by atoms with van der Waals surface area (Å²) in [5, 5.41) is 13.5. The van der Waals surface area contributed by atoms with Crippen LogP contribution in [0.4, 0.5) is 11.4 Å². The number of hydrogen-bond donors (Lipinski definition) is 2. The summed E-state index contributed by atoms with van der Waals surface area (Å²) >= 11 is 6.38. The van der Waals surface area contributed by atoms with Gasteiger partial charge in [0.25, 0.3) is 0 Å². The van der Waals surface area contributed by atoms with Crippen LogP contribution in [-0.2, 0) is 10.4 Å². The summed E-state index contributed by atoms with van der Waals surface area (Å²) < 4.78 is 52.8. The van der Waals surface area contributed by atoms with E-state index in [0.717, 1.165) is 39.1 Å². The van der Waals surface area contributed by atoms with Crippen molar-refractivity contribution in [2.75, 3.05) is 65.9 Å². The SMILES string of the molecule is COc1cc2c(Nc3cc(OC)c(OS(=O)(=O)O)cc3Cl)c(C#N)cnc2cc1OCCCN1CCN(C)CC1. The molecule has 0 saturated carbocycles. The monoisotopic (exact) mass is 591 g/mol.